The van der Waals surface area contributed by atoms with Crippen molar-refractivity contribution in [3.63, 3.8) is 0 Å². The number of nitrogens with one attached hydrogen (secondary N) is 2. The molecule has 0 aliphatic carbocycles. The first kappa shape index (κ1) is 18.8. The molecule has 0 heterocycles. The monoisotopic (exact) mass is 363 g/mol. The quantitative estimate of drug-likeness (QED) is 0.709. The minimum Gasteiger partial charge on any atom is -0.449 e. The molecule has 7 nitrogen and oxygen atoms in total. The zero-order valence-corrected chi connectivity index (χ0v) is 13.6. The summed E-state index contributed by atoms with van der Waals surface area (Å²) in [5.41, 5.74) is 4.95. The Morgan fingerprint density at radius 2 is 1.81 bits per heavy atom. The SMILES string of the molecule is C[C@H](OC(=O)c1cccc(NC(N)=O)c1)C(=O)Nc1cc(F)ccc1F. The number of nitrogens with two attached hydrogens (primary N) is 1. The van der Waals surface area contributed by atoms with Crippen molar-refractivity contribution in [2.45, 2.75) is 13.0 Å². The van der Waals surface area contributed by atoms with Crippen molar-refractivity contribution in [3.05, 3.63) is 59.7 Å². The van der Waals surface area contributed by atoms with Crippen molar-refractivity contribution in [1.29, 1.82) is 0 Å². The molecule has 0 unspecified atom stereocenters. The Morgan fingerprint density at radius 1 is 1.08 bits per heavy atom. The van der Waals surface area contributed by atoms with Gasteiger partial charge in [0.2, 0.25) is 0 Å². The van der Waals surface area contributed by atoms with Crippen LogP contribution in [0.3, 0.4) is 0 Å². The fourth-order valence-electron chi connectivity index (χ4n) is 1.98. The predicted molar refractivity (Wildman–Crippen MR) is 89.5 cm³/mol. The van der Waals surface area contributed by atoms with Gasteiger partial charge in [-0.2, -0.15) is 0 Å². The molecule has 0 aliphatic heterocycles. The smallest absolute Gasteiger partial charge is 0.338 e. The molecule has 0 bridgehead atoms. The van der Waals surface area contributed by atoms with Gasteiger partial charge >= 0.3 is 12.0 Å². The van der Waals surface area contributed by atoms with E-state index in [0.717, 1.165) is 18.2 Å². The summed E-state index contributed by atoms with van der Waals surface area (Å²) in [5, 5.41) is 4.44. The summed E-state index contributed by atoms with van der Waals surface area (Å²) in [5.74, 6) is -3.25. The van der Waals surface area contributed by atoms with Crippen molar-refractivity contribution >= 4 is 29.3 Å². The van der Waals surface area contributed by atoms with E-state index in [9.17, 15) is 23.2 Å². The lowest BCUT2D eigenvalue weighted by atomic mass is 10.2. The van der Waals surface area contributed by atoms with Gasteiger partial charge in [0, 0.05) is 11.8 Å². The van der Waals surface area contributed by atoms with Crippen LogP contribution in [0, 0.1) is 11.6 Å². The van der Waals surface area contributed by atoms with E-state index in [-0.39, 0.29) is 16.9 Å². The van der Waals surface area contributed by atoms with Crippen LogP contribution in [0.15, 0.2) is 42.5 Å². The van der Waals surface area contributed by atoms with Crippen molar-refractivity contribution in [2.24, 2.45) is 5.73 Å². The number of amides is 3. The van der Waals surface area contributed by atoms with Crippen LogP contribution in [-0.4, -0.2) is 24.0 Å². The summed E-state index contributed by atoms with van der Waals surface area (Å²) in [6.07, 6.45) is -1.28. The van der Waals surface area contributed by atoms with E-state index in [0.29, 0.717) is 0 Å². The average Bonchev–Trinajstić information content (AvgIpc) is 2.57. The second-order valence-electron chi connectivity index (χ2n) is 5.23. The molecule has 0 radical (unpaired) electrons. The standard InChI is InChI=1S/C17H15F2N3O4/c1-9(15(23)22-14-8-11(18)5-6-13(14)19)26-16(24)10-3-2-4-12(7-10)21-17(20)25/h2-9H,1H3,(H,22,23)(H3,20,21,25)/t9-/m0/s1. The first-order valence-corrected chi connectivity index (χ1v) is 7.39. The molecular formula is C17H15F2N3O4. The van der Waals surface area contributed by atoms with Crippen LogP contribution in [-0.2, 0) is 9.53 Å². The molecule has 4 N–H and O–H groups in total. The summed E-state index contributed by atoms with van der Waals surface area (Å²) < 4.78 is 31.6. The van der Waals surface area contributed by atoms with Crippen LogP contribution in [0.5, 0.6) is 0 Å². The van der Waals surface area contributed by atoms with E-state index in [1.165, 1.54) is 31.2 Å². The second kappa shape index (κ2) is 8.06. The van der Waals surface area contributed by atoms with E-state index >= 15 is 0 Å². The van der Waals surface area contributed by atoms with E-state index in [1.54, 1.807) is 0 Å². The number of carbonyl (C=O) groups excluding carboxylic acids is 3. The molecule has 3 amide bonds. The maximum absolute atomic E-state index is 13.5. The van der Waals surface area contributed by atoms with Gasteiger partial charge in [-0.15, -0.1) is 0 Å². The van der Waals surface area contributed by atoms with Crippen LogP contribution < -0.4 is 16.4 Å². The van der Waals surface area contributed by atoms with Gasteiger partial charge in [0.15, 0.2) is 6.10 Å². The molecule has 2 aromatic carbocycles. The molecule has 0 fully saturated rings. The minimum atomic E-state index is -1.28. The number of rotatable bonds is 5. The molecule has 0 saturated heterocycles. The number of esters is 1. The van der Waals surface area contributed by atoms with Gasteiger partial charge in [-0.25, -0.2) is 18.4 Å². The van der Waals surface area contributed by atoms with Gasteiger partial charge in [-0.1, -0.05) is 6.07 Å². The Bertz CT molecular complexity index is 858. The lowest BCUT2D eigenvalue weighted by Gasteiger charge is -2.14. The zero-order valence-electron chi connectivity index (χ0n) is 13.6. The summed E-state index contributed by atoms with van der Waals surface area (Å²) in [7, 11) is 0. The van der Waals surface area contributed by atoms with E-state index < -0.39 is 35.6 Å². The van der Waals surface area contributed by atoms with Crippen molar-refractivity contribution in [2.75, 3.05) is 10.6 Å². The van der Waals surface area contributed by atoms with Crippen molar-refractivity contribution < 1.29 is 27.9 Å². The van der Waals surface area contributed by atoms with E-state index in [1.807, 2.05) is 0 Å². The first-order chi connectivity index (χ1) is 12.3. The van der Waals surface area contributed by atoms with Crippen molar-refractivity contribution in [1.82, 2.24) is 0 Å². The van der Waals surface area contributed by atoms with Gasteiger partial charge in [0.25, 0.3) is 5.91 Å². The second-order valence-corrected chi connectivity index (χ2v) is 5.23. The van der Waals surface area contributed by atoms with E-state index in [2.05, 4.69) is 10.6 Å². The van der Waals surface area contributed by atoms with Gasteiger partial charge in [0.05, 0.1) is 11.3 Å². The number of anilines is 2. The molecule has 0 aliphatic rings. The Balaban J connectivity index is 2.03. The number of urea groups is 1. The topological polar surface area (TPSA) is 111 Å². The minimum absolute atomic E-state index is 0.0628. The number of benzene rings is 2. The fourth-order valence-corrected chi connectivity index (χ4v) is 1.98. The number of primary amides is 1. The van der Waals surface area contributed by atoms with Gasteiger partial charge in [-0.3, -0.25) is 4.79 Å². The maximum Gasteiger partial charge on any atom is 0.338 e. The molecular weight excluding hydrogens is 348 g/mol. The summed E-state index contributed by atoms with van der Waals surface area (Å²) in [6.45, 7) is 1.27. The Kier molecular flexibility index (Phi) is 5.84. The lowest BCUT2D eigenvalue weighted by molar-refractivity contribution is -0.123. The van der Waals surface area contributed by atoms with E-state index in [4.69, 9.17) is 10.5 Å². The highest BCUT2D eigenvalue weighted by Gasteiger charge is 2.20. The largest absolute Gasteiger partial charge is 0.449 e. The van der Waals surface area contributed by atoms with Crippen LogP contribution in [0.2, 0.25) is 0 Å². The molecule has 9 heteroatoms. The van der Waals surface area contributed by atoms with Gasteiger partial charge in [0.1, 0.15) is 11.6 Å². The van der Waals surface area contributed by atoms with Gasteiger partial charge in [-0.05, 0) is 37.3 Å². The molecule has 0 spiro atoms. The Labute approximate surface area is 147 Å². The highest BCUT2D eigenvalue weighted by Crippen LogP contribution is 2.17. The third-order valence-corrected chi connectivity index (χ3v) is 3.21. The molecule has 1 atom stereocenters. The molecule has 0 aromatic heterocycles. The molecule has 26 heavy (non-hydrogen) atoms. The summed E-state index contributed by atoms with van der Waals surface area (Å²) in [6, 6.07) is 7.47. The van der Waals surface area contributed by atoms with Crippen LogP contribution in [0.4, 0.5) is 25.0 Å². The number of hydrogen-bond acceptors (Lipinski definition) is 4. The number of carbonyl (C=O) groups is 3. The molecule has 0 saturated carbocycles. The maximum atomic E-state index is 13.5. The number of halogens is 2. The predicted octanol–water partition coefficient (Wildman–Crippen LogP) is 2.64. The summed E-state index contributed by atoms with van der Waals surface area (Å²) in [4.78, 5) is 34.9. The Hall–Kier alpha value is -3.49. The normalized spacial score (nSPS) is 11.3. The Morgan fingerprint density at radius 3 is 2.50 bits per heavy atom. The van der Waals surface area contributed by atoms with Crippen LogP contribution in [0.25, 0.3) is 0 Å². The highest BCUT2D eigenvalue weighted by molar-refractivity contribution is 5.98. The zero-order chi connectivity index (χ0) is 19.3. The number of ether oxygens (including phenoxy) is 1. The van der Waals surface area contributed by atoms with Crippen LogP contribution >= 0.6 is 0 Å². The number of hydrogen-bond donors (Lipinski definition) is 3. The molecule has 2 aromatic rings. The van der Waals surface area contributed by atoms with Crippen molar-refractivity contribution in [3.8, 4) is 0 Å². The van der Waals surface area contributed by atoms with Crippen LogP contribution in [0.1, 0.15) is 17.3 Å². The average molecular weight is 363 g/mol. The first-order valence-electron chi connectivity index (χ1n) is 7.39. The summed E-state index contributed by atoms with van der Waals surface area (Å²) >= 11 is 0. The van der Waals surface area contributed by atoms with Gasteiger partial charge < -0.3 is 21.1 Å². The fraction of sp³-hybridized carbons (Fsp3) is 0.118. The third kappa shape index (κ3) is 5.00. The molecule has 136 valence electrons. The molecule has 2 rings (SSSR count). The highest BCUT2D eigenvalue weighted by atomic mass is 19.1. The third-order valence-electron chi connectivity index (χ3n) is 3.21. The lowest BCUT2D eigenvalue weighted by Crippen LogP contribution is -2.30.